The van der Waals surface area contributed by atoms with E-state index in [4.69, 9.17) is 0 Å². The summed E-state index contributed by atoms with van der Waals surface area (Å²) in [5.41, 5.74) is -6.46. The Morgan fingerprint density at radius 2 is 1.68 bits per heavy atom. The Morgan fingerprint density at radius 3 is 2.27 bits per heavy atom. The summed E-state index contributed by atoms with van der Waals surface area (Å²) in [5.74, 6) is -5.52. The first-order valence-electron chi connectivity index (χ1n) is 6.09. The Kier molecular flexibility index (Phi) is 4.16. The van der Waals surface area contributed by atoms with Crippen LogP contribution in [0.25, 0.3) is 0 Å². The molecular weight excluding hydrogens is 335 g/mol. The van der Waals surface area contributed by atoms with Crippen molar-refractivity contribution >= 4 is 15.9 Å². The molecule has 0 N–H and O–H groups in total. The van der Waals surface area contributed by atoms with Crippen LogP contribution >= 0.6 is 0 Å². The van der Waals surface area contributed by atoms with Gasteiger partial charge in [0.25, 0.3) is 0 Å². The number of rotatable bonds is 2. The second kappa shape index (κ2) is 5.49. The zero-order valence-corrected chi connectivity index (χ0v) is 11.7. The summed E-state index contributed by atoms with van der Waals surface area (Å²) < 4.78 is 89.9. The molecule has 1 aliphatic rings. The van der Waals surface area contributed by atoms with Crippen LogP contribution in [0.3, 0.4) is 0 Å². The van der Waals surface area contributed by atoms with Gasteiger partial charge in [0.1, 0.15) is 0 Å². The number of ketones is 1. The number of carbonyl (C=O) groups excluding carboxylic acids is 1. The SMILES string of the molecule is O=C1CCCCc2c1cc(F)c(OS(=O)(=O)C(F)(F)F)c2F. The maximum absolute atomic E-state index is 14.1. The Labute approximate surface area is 122 Å². The summed E-state index contributed by atoms with van der Waals surface area (Å²) in [6.45, 7) is 0. The maximum atomic E-state index is 14.1. The first-order valence-corrected chi connectivity index (χ1v) is 7.50. The Morgan fingerprint density at radius 1 is 1.09 bits per heavy atom. The monoisotopic (exact) mass is 344 g/mol. The summed E-state index contributed by atoms with van der Waals surface area (Å²) in [4.78, 5) is 11.7. The summed E-state index contributed by atoms with van der Waals surface area (Å²) in [5, 5.41) is 0. The molecule has 1 aromatic carbocycles. The summed E-state index contributed by atoms with van der Waals surface area (Å²) in [6.07, 6.45) is 0.779. The third kappa shape index (κ3) is 2.92. The van der Waals surface area contributed by atoms with E-state index in [0.717, 1.165) is 0 Å². The van der Waals surface area contributed by atoms with Gasteiger partial charge in [-0.05, 0) is 25.3 Å². The van der Waals surface area contributed by atoms with E-state index < -0.39 is 38.8 Å². The molecule has 0 heterocycles. The number of hydrogen-bond acceptors (Lipinski definition) is 4. The Balaban J connectivity index is 2.56. The van der Waals surface area contributed by atoms with Gasteiger partial charge in [-0.1, -0.05) is 0 Å². The molecule has 0 aromatic heterocycles. The Bertz CT molecular complexity index is 724. The van der Waals surface area contributed by atoms with Gasteiger partial charge in [0.05, 0.1) is 0 Å². The van der Waals surface area contributed by atoms with Crippen LogP contribution in [0.4, 0.5) is 22.0 Å². The molecule has 4 nitrogen and oxygen atoms in total. The van der Waals surface area contributed by atoms with Gasteiger partial charge in [-0.25, -0.2) is 8.78 Å². The van der Waals surface area contributed by atoms with E-state index in [1.807, 2.05) is 0 Å². The zero-order chi connectivity index (χ0) is 16.7. The standard InChI is InChI=1S/C12H9F5O4S/c13-8-5-7-6(3-1-2-4-9(7)18)10(14)11(8)21-22(19,20)12(15,16)17/h5H,1-4H2. The van der Waals surface area contributed by atoms with Crippen molar-refractivity contribution < 1.29 is 39.3 Å². The molecule has 0 spiro atoms. The van der Waals surface area contributed by atoms with Gasteiger partial charge in [-0.15, -0.1) is 0 Å². The average molecular weight is 344 g/mol. The van der Waals surface area contributed by atoms with Crippen LogP contribution in [-0.4, -0.2) is 19.7 Å². The average Bonchev–Trinajstić information content (AvgIpc) is 2.56. The number of hydrogen-bond donors (Lipinski definition) is 0. The van der Waals surface area contributed by atoms with Crippen molar-refractivity contribution in [3.8, 4) is 5.75 Å². The lowest BCUT2D eigenvalue weighted by Crippen LogP contribution is -2.29. The summed E-state index contributed by atoms with van der Waals surface area (Å²) in [6, 6.07) is 0.507. The van der Waals surface area contributed by atoms with Crippen molar-refractivity contribution in [3.05, 3.63) is 28.8 Å². The molecule has 0 atom stereocenters. The highest BCUT2D eigenvalue weighted by atomic mass is 32.2. The first kappa shape index (κ1) is 16.7. The summed E-state index contributed by atoms with van der Waals surface area (Å²) in [7, 11) is -6.21. The highest BCUT2D eigenvalue weighted by Gasteiger charge is 2.49. The van der Waals surface area contributed by atoms with E-state index in [-0.39, 0.29) is 24.0 Å². The van der Waals surface area contributed by atoms with Crippen LogP contribution in [0.15, 0.2) is 6.07 Å². The van der Waals surface area contributed by atoms with E-state index in [2.05, 4.69) is 4.18 Å². The summed E-state index contributed by atoms with van der Waals surface area (Å²) >= 11 is 0. The smallest absolute Gasteiger partial charge is 0.370 e. The van der Waals surface area contributed by atoms with Gasteiger partial charge in [0, 0.05) is 17.5 Å². The molecule has 0 radical (unpaired) electrons. The number of carbonyl (C=O) groups is 1. The van der Waals surface area contributed by atoms with Crippen molar-refractivity contribution in [2.24, 2.45) is 0 Å². The maximum Gasteiger partial charge on any atom is 0.534 e. The second-order valence-corrected chi connectivity index (χ2v) is 6.18. The van der Waals surface area contributed by atoms with Crippen LogP contribution in [-0.2, 0) is 16.5 Å². The molecule has 10 heteroatoms. The van der Waals surface area contributed by atoms with Crippen LogP contribution in [0.5, 0.6) is 5.75 Å². The van der Waals surface area contributed by atoms with Gasteiger partial charge < -0.3 is 4.18 Å². The van der Waals surface area contributed by atoms with E-state index in [1.54, 1.807) is 0 Å². The molecular formula is C12H9F5O4S. The molecule has 122 valence electrons. The van der Waals surface area contributed by atoms with Gasteiger partial charge in [0.2, 0.25) is 5.75 Å². The topological polar surface area (TPSA) is 60.4 Å². The number of fused-ring (bicyclic) bond motifs is 1. The van der Waals surface area contributed by atoms with Crippen LogP contribution in [0, 0.1) is 11.6 Å². The van der Waals surface area contributed by atoms with Crippen molar-refractivity contribution in [1.82, 2.24) is 0 Å². The first-order chi connectivity index (χ1) is 10.0. The number of Topliss-reactive ketones (excluding diaryl/α,β-unsaturated/α-hetero) is 1. The van der Waals surface area contributed by atoms with Crippen molar-refractivity contribution in [3.63, 3.8) is 0 Å². The van der Waals surface area contributed by atoms with E-state index in [9.17, 15) is 35.2 Å². The fourth-order valence-electron chi connectivity index (χ4n) is 2.09. The van der Waals surface area contributed by atoms with Crippen LogP contribution in [0.1, 0.15) is 35.2 Å². The van der Waals surface area contributed by atoms with Crippen molar-refractivity contribution in [1.29, 1.82) is 0 Å². The van der Waals surface area contributed by atoms with Crippen molar-refractivity contribution in [2.45, 2.75) is 31.2 Å². The molecule has 2 rings (SSSR count). The quantitative estimate of drug-likeness (QED) is 0.358. The minimum absolute atomic E-state index is 0.0321. The predicted octanol–water partition coefficient (Wildman–Crippen LogP) is 3.10. The number of alkyl halides is 3. The third-order valence-corrected chi connectivity index (χ3v) is 4.09. The normalized spacial score (nSPS) is 16.1. The molecule has 1 aromatic rings. The lowest BCUT2D eigenvalue weighted by atomic mass is 10.0. The van der Waals surface area contributed by atoms with E-state index in [0.29, 0.717) is 18.9 Å². The van der Waals surface area contributed by atoms with Gasteiger partial charge in [-0.2, -0.15) is 21.6 Å². The molecule has 0 saturated carbocycles. The lowest BCUT2D eigenvalue weighted by molar-refractivity contribution is -0.0501. The van der Waals surface area contributed by atoms with Gasteiger partial charge in [0.15, 0.2) is 17.4 Å². The largest absolute Gasteiger partial charge is 0.534 e. The molecule has 1 aliphatic carbocycles. The second-order valence-electron chi connectivity index (χ2n) is 4.64. The van der Waals surface area contributed by atoms with Crippen molar-refractivity contribution in [2.75, 3.05) is 0 Å². The van der Waals surface area contributed by atoms with E-state index >= 15 is 0 Å². The fraction of sp³-hybridized carbons (Fsp3) is 0.417. The predicted molar refractivity (Wildman–Crippen MR) is 63.8 cm³/mol. The highest BCUT2D eigenvalue weighted by Crippen LogP contribution is 2.35. The van der Waals surface area contributed by atoms with Crippen LogP contribution < -0.4 is 4.18 Å². The minimum Gasteiger partial charge on any atom is -0.370 e. The minimum atomic E-state index is -6.21. The van der Waals surface area contributed by atoms with Gasteiger partial charge >= 0.3 is 15.6 Å². The molecule has 0 bridgehead atoms. The molecule has 0 unspecified atom stereocenters. The molecule has 0 aliphatic heterocycles. The molecule has 0 saturated heterocycles. The fourth-order valence-corrected chi connectivity index (χ4v) is 2.55. The van der Waals surface area contributed by atoms with Gasteiger partial charge in [-0.3, -0.25) is 4.79 Å². The lowest BCUT2D eigenvalue weighted by Gasteiger charge is -2.14. The third-order valence-electron chi connectivity index (χ3n) is 3.13. The molecule has 22 heavy (non-hydrogen) atoms. The number of benzene rings is 1. The van der Waals surface area contributed by atoms with Crippen LogP contribution in [0.2, 0.25) is 0 Å². The molecule has 0 fully saturated rings. The number of halogens is 5. The highest BCUT2D eigenvalue weighted by molar-refractivity contribution is 7.88. The van der Waals surface area contributed by atoms with E-state index in [1.165, 1.54) is 0 Å². The zero-order valence-electron chi connectivity index (χ0n) is 10.8. The Hall–Kier alpha value is -1.71. The molecule has 0 amide bonds.